The summed E-state index contributed by atoms with van der Waals surface area (Å²) >= 11 is 7.84. The highest BCUT2D eigenvalue weighted by Crippen LogP contribution is 2.51. The molecule has 38 heavy (non-hydrogen) atoms. The molecule has 2 unspecified atom stereocenters. The Morgan fingerprint density at radius 1 is 0.500 bits per heavy atom. The monoisotopic (exact) mass is 642 g/mol. The first kappa shape index (κ1) is 26.8. The Labute approximate surface area is 242 Å². The second kappa shape index (κ2) is 11.9. The number of alkyl halides is 2. The summed E-state index contributed by atoms with van der Waals surface area (Å²) < 4.78 is 6.55. The van der Waals surface area contributed by atoms with Crippen LogP contribution in [0.2, 0.25) is 0 Å². The second-order valence-electron chi connectivity index (χ2n) is 9.18. The molecule has 0 aliphatic carbocycles. The van der Waals surface area contributed by atoms with Crippen molar-refractivity contribution in [2.45, 2.75) is 15.4 Å². The molecule has 5 heteroatoms. The van der Waals surface area contributed by atoms with Gasteiger partial charge in [-0.1, -0.05) is 184 Å². The van der Waals surface area contributed by atoms with Crippen molar-refractivity contribution in [3.8, 4) is 0 Å². The summed E-state index contributed by atoms with van der Waals surface area (Å²) in [7, 11) is -3.10. The van der Waals surface area contributed by atoms with Crippen molar-refractivity contribution in [2.75, 3.05) is 0 Å². The van der Waals surface area contributed by atoms with E-state index in [4.69, 9.17) is 4.43 Å². The maximum Gasteiger partial charge on any atom is 0.288 e. The lowest BCUT2D eigenvalue weighted by atomic mass is 9.98. The lowest BCUT2D eigenvalue weighted by molar-refractivity contribution is 0.0938. The van der Waals surface area contributed by atoms with Crippen LogP contribution in [0, 0.1) is 0 Å². The molecule has 0 fully saturated rings. The maximum atomic E-state index is 11.7. The van der Waals surface area contributed by atoms with Crippen LogP contribution >= 0.6 is 31.9 Å². The molecule has 0 heterocycles. The molecule has 0 aromatic heterocycles. The van der Waals surface area contributed by atoms with Crippen LogP contribution in [0.4, 0.5) is 0 Å². The van der Waals surface area contributed by atoms with Gasteiger partial charge in [-0.05, 0) is 26.7 Å². The summed E-state index contributed by atoms with van der Waals surface area (Å²) in [6, 6.07) is 51.3. The Kier molecular flexibility index (Phi) is 8.41. The highest BCUT2D eigenvalue weighted by Gasteiger charge is 2.51. The zero-order valence-corrected chi connectivity index (χ0v) is 24.9. The van der Waals surface area contributed by atoms with Crippen LogP contribution in [-0.4, -0.2) is 16.7 Å². The molecule has 0 bridgehead atoms. The van der Waals surface area contributed by atoms with Crippen molar-refractivity contribution >= 4 is 55.7 Å². The summed E-state index contributed by atoms with van der Waals surface area (Å²) in [4.78, 5) is 0. The summed E-state index contributed by atoms with van der Waals surface area (Å²) in [6.07, 6.45) is -1.46. The van der Waals surface area contributed by atoms with Gasteiger partial charge in [-0.25, -0.2) is 0 Å². The van der Waals surface area contributed by atoms with Crippen molar-refractivity contribution in [1.82, 2.24) is 0 Å². The number of rotatable bonds is 9. The van der Waals surface area contributed by atoms with Crippen LogP contribution in [-0.2, 0) is 4.43 Å². The van der Waals surface area contributed by atoms with E-state index in [-0.39, 0.29) is 0 Å². The number of benzene rings is 5. The number of aliphatic hydroxyl groups is 1. The standard InChI is InChI=1S/C33H28Br2O2Si/c34-33(35,31(36)26-16-6-1-7-17-26)32(27-18-8-2-9-19-27)37-38(28-20-10-3-11-21-28,29-22-12-4-13-23-29)30-24-14-5-15-25-30/h1-25,31-32,36H. The van der Waals surface area contributed by atoms with Gasteiger partial charge in [-0.2, -0.15) is 0 Å². The van der Waals surface area contributed by atoms with E-state index < -0.39 is 23.8 Å². The molecule has 5 aromatic rings. The van der Waals surface area contributed by atoms with Gasteiger partial charge in [0.05, 0.1) is 6.10 Å². The average molecular weight is 644 g/mol. The van der Waals surface area contributed by atoms with Gasteiger partial charge in [0.25, 0.3) is 8.32 Å². The summed E-state index contributed by atoms with van der Waals surface area (Å²) in [5.41, 5.74) is 1.74. The molecule has 0 spiro atoms. The Bertz CT molecular complexity index is 1320. The molecule has 0 saturated heterocycles. The van der Waals surface area contributed by atoms with Crippen LogP contribution < -0.4 is 15.6 Å². The van der Waals surface area contributed by atoms with Crippen molar-refractivity contribution in [2.24, 2.45) is 0 Å². The molecule has 5 rings (SSSR count). The van der Waals surface area contributed by atoms with E-state index in [9.17, 15) is 5.11 Å². The van der Waals surface area contributed by atoms with Gasteiger partial charge in [-0.3, -0.25) is 0 Å². The molecule has 190 valence electrons. The molecular formula is C33H28Br2O2Si. The van der Waals surface area contributed by atoms with Crippen molar-refractivity contribution < 1.29 is 9.53 Å². The van der Waals surface area contributed by atoms with Gasteiger partial charge >= 0.3 is 0 Å². The van der Waals surface area contributed by atoms with Gasteiger partial charge in [0.2, 0.25) is 0 Å². The van der Waals surface area contributed by atoms with E-state index in [1.54, 1.807) is 0 Å². The van der Waals surface area contributed by atoms with Gasteiger partial charge in [0.1, 0.15) is 9.34 Å². The largest absolute Gasteiger partial charge is 0.395 e. The molecule has 2 atom stereocenters. The first-order chi connectivity index (χ1) is 18.5. The minimum absolute atomic E-state index is 0.564. The van der Waals surface area contributed by atoms with Gasteiger partial charge in [0, 0.05) is 0 Å². The van der Waals surface area contributed by atoms with E-state index in [1.807, 2.05) is 66.7 Å². The summed E-state index contributed by atoms with van der Waals surface area (Å²) in [5, 5.41) is 15.1. The smallest absolute Gasteiger partial charge is 0.288 e. The highest BCUT2D eigenvalue weighted by atomic mass is 79.9. The Balaban J connectivity index is 1.76. The summed E-state index contributed by atoms with van der Waals surface area (Å²) in [5.74, 6) is 0. The lowest BCUT2D eigenvalue weighted by Gasteiger charge is -2.42. The molecule has 0 aliphatic heterocycles. The van der Waals surface area contributed by atoms with Crippen LogP contribution in [0.3, 0.4) is 0 Å². The van der Waals surface area contributed by atoms with Gasteiger partial charge in [-0.15, -0.1) is 0 Å². The topological polar surface area (TPSA) is 29.5 Å². The van der Waals surface area contributed by atoms with Gasteiger partial charge in [0.15, 0.2) is 0 Å². The minimum atomic E-state index is -3.10. The number of hydrogen-bond acceptors (Lipinski definition) is 2. The Hall–Kier alpha value is -2.80. The second-order valence-corrected chi connectivity index (χ2v) is 16.2. The molecule has 1 N–H and O–H groups in total. The van der Waals surface area contributed by atoms with Crippen LogP contribution in [0.1, 0.15) is 23.3 Å². The third-order valence-electron chi connectivity index (χ3n) is 6.77. The third-order valence-corrected chi connectivity index (χ3v) is 12.5. The number of hydrogen-bond donors (Lipinski definition) is 1. The zero-order chi connectivity index (χ0) is 26.4. The van der Waals surface area contributed by atoms with Crippen LogP contribution in [0.5, 0.6) is 0 Å². The van der Waals surface area contributed by atoms with E-state index in [0.29, 0.717) is 0 Å². The average Bonchev–Trinajstić information content (AvgIpc) is 2.99. The predicted octanol–water partition coefficient (Wildman–Crippen LogP) is 6.63. The first-order valence-electron chi connectivity index (χ1n) is 12.5. The predicted molar refractivity (Wildman–Crippen MR) is 166 cm³/mol. The van der Waals surface area contributed by atoms with E-state index >= 15 is 0 Å². The fourth-order valence-electron chi connectivity index (χ4n) is 4.90. The maximum absolute atomic E-state index is 11.7. The SMILES string of the molecule is OC(c1ccccc1)C(Br)(Br)C(O[Si](c1ccccc1)(c1ccccc1)c1ccccc1)c1ccccc1. The third kappa shape index (κ3) is 5.35. The first-order valence-corrected chi connectivity index (χ1v) is 16.0. The van der Waals surface area contributed by atoms with E-state index in [1.165, 1.54) is 0 Å². The molecule has 2 nitrogen and oxygen atoms in total. The zero-order valence-electron chi connectivity index (χ0n) is 20.7. The molecule has 0 saturated carbocycles. The van der Waals surface area contributed by atoms with Crippen LogP contribution in [0.15, 0.2) is 152 Å². The van der Waals surface area contributed by atoms with Crippen LogP contribution in [0.25, 0.3) is 0 Å². The van der Waals surface area contributed by atoms with Crippen molar-refractivity contribution in [1.29, 1.82) is 0 Å². The van der Waals surface area contributed by atoms with Gasteiger partial charge < -0.3 is 9.53 Å². The van der Waals surface area contributed by atoms with E-state index in [2.05, 4.69) is 117 Å². The molecule has 5 aromatic carbocycles. The molecule has 0 aliphatic rings. The fraction of sp³-hybridized carbons (Fsp3) is 0.0909. The lowest BCUT2D eigenvalue weighted by Crippen LogP contribution is -2.70. The Morgan fingerprint density at radius 3 is 1.18 bits per heavy atom. The fourth-order valence-corrected chi connectivity index (χ4v) is 10.6. The molecule has 0 amide bonds. The highest BCUT2D eigenvalue weighted by molar-refractivity contribution is 9.25. The normalized spacial score (nSPS) is 13.6. The van der Waals surface area contributed by atoms with E-state index in [0.717, 1.165) is 26.7 Å². The van der Waals surface area contributed by atoms with Crippen molar-refractivity contribution in [3.63, 3.8) is 0 Å². The number of aliphatic hydroxyl groups excluding tert-OH is 1. The molecular weight excluding hydrogens is 616 g/mol. The number of halogens is 2. The minimum Gasteiger partial charge on any atom is -0.395 e. The molecule has 0 radical (unpaired) electrons. The van der Waals surface area contributed by atoms with Crippen molar-refractivity contribution in [3.05, 3.63) is 163 Å². The Morgan fingerprint density at radius 2 is 0.816 bits per heavy atom. The quantitative estimate of drug-likeness (QED) is 0.111. The summed E-state index contributed by atoms with van der Waals surface area (Å²) in [6.45, 7) is 0.